The summed E-state index contributed by atoms with van der Waals surface area (Å²) >= 11 is 0. The van der Waals surface area contributed by atoms with Crippen molar-refractivity contribution < 1.29 is 4.79 Å². The maximum absolute atomic E-state index is 12.9. The fraction of sp³-hybridized carbons (Fsp3) is 0.0500. The molecule has 3 N–H and O–H groups in total. The van der Waals surface area contributed by atoms with Crippen LogP contribution >= 0.6 is 0 Å². The van der Waals surface area contributed by atoms with Crippen molar-refractivity contribution in [2.75, 3.05) is 0 Å². The van der Waals surface area contributed by atoms with E-state index in [9.17, 15) is 4.79 Å². The number of nitrogens with one attached hydrogen (secondary N) is 3. The Labute approximate surface area is 159 Å². The molecule has 0 unspecified atom stereocenters. The number of aromatic nitrogens is 6. The number of pyridine rings is 2. The molecule has 1 aromatic carbocycles. The molecule has 0 aliphatic carbocycles. The van der Waals surface area contributed by atoms with Gasteiger partial charge >= 0.3 is 0 Å². The Hall–Kier alpha value is -4.07. The lowest BCUT2D eigenvalue weighted by molar-refractivity contribution is 0.0952. The first-order valence-corrected chi connectivity index (χ1v) is 8.73. The quantitative estimate of drug-likeness (QED) is 0.451. The minimum absolute atomic E-state index is 0.193. The standard InChI is InChI=1S/C20H15N7O/c28-20(22-9-12-2-1-5-21-8-12)14-7-17(26-19-15(14)10-25-27-19)13-3-4-16-18(6-13)24-11-23-16/h1-8,10-11H,9H2,(H,22,28)(H,23,24)(H,25,26,27). The van der Waals surface area contributed by atoms with Gasteiger partial charge in [0, 0.05) is 24.5 Å². The Morgan fingerprint density at radius 1 is 1.14 bits per heavy atom. The van der Waals surface area contributed by atoms with Crippen molar-refractivity contribution >= 4 is 28.0 Å². The first-order chi connectivity index (χ1) is 13.8. The number of fused-ring (bicyclic) bond motifs is 2. The second-order valence-corrected chi connectivity index (χ2v) is 6.37. The maximum atomic E-state index is 12.9. The van der Waals surface area contributed by atoms with E-state index in [0.29, 0.717) is 28.8 Å². The molecule has 0 spiro atoms. The highest BCUT2D eigenvalue weighted by atomic mass is 16.1. The normalized spacial score (nSPS) is 11.1. The van der Waals surface area contributed by atoms with Gasteiger partial charge in [-0.2, -0.15) is 5.10 Å². The van der Waals surface area contributed by atoms with Crippen LogP contribution in [0.4, 0.5) is 0 Å². The molecule has 28 heavy (non-hydrogen) atoms. The Balaban J connectivity index is 1.52. The van der Waals surface area contributed by atoms with E-state index in [0.717, 1.165) is 22.2 Å². The van der Waals surface area contributed by atoms with E-state index in [4.69, 9.17) is 0 Å². The third-order valence-electron chi connectivity index (χ3n) is 4.56. The predicted octanol–water partition coefficient (Wildman–Crippen LogP) is 2.83. The number of H-pyrrole nitrogens is 2. The minimum Gasteiger partial charge on any atom is -0.348 e. The molecule has 136 valence electrons. The summed E-state index contributed by atoms with van der Waals surface area (Å²) in [6.07, 6.45) is 6.69. The number of carbonyl (C=O) groups is 1. The number of carbonyl (C=O) groups excluding carboxylic acids is 1. The number of hydrogen-bond acceptors (Lipinski definition) is 5. The van der Waals surface area contributed by atoms with Crippen molar-refractivity contribution in [2.24, 2.45) is 0 Å². The molecule has 0 radical (unpaired) electrons. The largest absolute Gasteiger partial charge is 0.348 e. The zero-order chi connectivity index (χ0) is 18.9. The molecule has 0 bridgehead atoms. The van der Waals surface area contributed by atoms with Gasteiger partial charge in [-0.1, -0.05) is 12.1 Å². The lowest BCUT2D eigenvalue weighted by Gasteiger charge is -2.08. The number of benzene rings is 1. The lowest BCUT2D eigenvalue weighted by atomic mass is 10.1. The van der Waals surface area contributed by atoms with Gasteiger partial charge in [-0.15, -0.1) is 0 Å². The molecule has 4 aromatic heterocycles. The van der Waals surface area contributed by atoms with E-state index in [1.807, 2.05) is 30.3 Å². The van der Waals surface area contributed by atoms with Gasteiger partial charge in [-0.05, 0) is 29.8 Å². The average Bonchev–Trinajstić information content (AvgIpc) is 3.40. The summed E-state index contributed by atoms with van der Waals surface area (Å²) in [5, 5.41) is 10.5. The minimum atomic E-state index is -0.193. The third-order valence-corrected chi connectivity index (χ3v) is 4.56. The lowest BCUT2D eigenvalue weighted by Crippen LogP contribution is -2.23. The van der Waals surface area contributed by atoms with Gasteiger partial charge in [-0.3, -0.25) is 14.9 Å². The molecule has 8 heteroatoms. The molecule has 4 heterocycles. The summed E-state index contributed by atoms with van der Waals surface area (Å²) in [5.74, 6) is -0.193. The molecule has 8 nitrogen and oxygen atoms in total. The van der Waals surface area contributed by atoms with Crippen LogP contribution in [0.1, 0.15) is 15.9 Å². The highest BCUT2D eigenvalue weighted by Crippen LogP contribution is 2.26. The summed E-state index contributed by atoms with van der Waals surface area (Å²) in [6, 6.07) is 11.4. The van der Waals surface area contributed by atoms with E-state index in [1.54, 1.807) is 31.0 Å². The Morgan fingerprint density at radius 3 is 3.00 bits per heavy atom. The Bertz CT molecular complexity index is 1290. The highest BCUT2D eigenvalue weighted by molar-refractivity contribution is 6.06. The van der Waals surface area contributed by atoms with E-state index >= 15 is 0 Å². The number of aromatic amines is 2. The van der Waals surface area contributed by atoms with Crippen molar-refractivity contribution in [3.05, 3.63) is 72.4 Å². The van der Waals surface area contributed by atoms with Gasteiger partial charge in [-0.25, -0.2) is 9.97 Å². The van der Waals surface area contributed by atoms with Gasteiger partial charge < -0.3 is 10.3 Å². The molecule has 5 rings (SSSR count). The zero-order valence-corrected chi connectivity index (χ0v) is 14.7. The molecule has 1 amide bonds. The number of nitrogens with zero attached hydrogens (tertiary/aromatic N) is 4. The Morgan fingerprint density at radius 2 is 2.11 bits per heavy atom. The first-order valence-electron chi connectivity index (χ1n) is 8.73. The highest BCUT2D eigenvalue weighted by Gasteiger charge is 2.15. The fourth-order valence-electron chi connectivity index (χ4n) is 3.14. The second-order valence-electron chi connectivity index (χ2n) is 6.37. The van der Waals surface area contributed by atoms with Crippen molar-refractivity contribution in [3.63, 3.8) is 0 Å². The van der Waals surface area contributed by atoms with Crippen LogP contribution in [0.25, 0.3) is 33.3 Å². The molecule has 0 aliphatic rings. The fourth-order valence-corrected chi connectivity index (χ4v) is 3.14. The summed E-state index contributed by atoms with van der Waals surface area (Å²) in [5.41, 5.74) is 5.36. The second kappa shape index (κ2) is 6.58. The number of rotatable bonds is 4. The monoisotopic (exact) mass is 369 g/mol. The van der Waals surface area contributed by atoms with Crippen LogP contribution in [-0.2, 0) is 6.54 Å². The zero-order valence-electron chi connectivity index (χ0n) is 14.7. The van der Waals surface area contributed by atoms with Crippen molar-refractivity contribution in [3.8, 4) is 11.3 Å². The van der Waals surface area contributed by atoms with Crippen LogP contribution in [-0.4, -0.2) is 36.0 Å². The smallest absolute Gasteiger partial charge is 0.252 e. The van der Waals surface area contributed by atoms with E-state index in [2.05, 4.69) is 35.5 Å². The molecule has 5 aromatic rings. The van der Waals surface area contributed by atoms with Crippen LogP contribution in [0.2, 0.25) is 0 Å². The summed E-state index contributed by atoms with van der Waals surface area (Å²) in [4.78, 5) is 28.9. The van der Waals surface area contributed by atoms with Gasteiger partial charge in [0.2, 0.25) is 0 Å². The molecule has 0 saturated heterocycles. The number of imidazole rings is 1. The maximum Gasteiger partial charge on any atom is 0.252 e. The molecule has 0 atom stereocenters. The molecule has 0 saturated carbocycles. The molecular formula is C20H15N7O. The van der Waals surface area contributed by atoms with E-state index < -0.39 is 0 Å². The van der Waals surface area contributed by atoms with Gasteiger partial charge in [0.1, 0.15) is 0 Å². The summed E-state index contributed by atoms with van der Waals surface area (Å²) in [7, 11) is 0. The molecule has 0 fully saturated rings. The van der Waals surface area contributed by atoms with Crippen LogP contribution in [0.3, 0.4) is 0 Å². The van der Waals surface area contributed by atoms with Gasteiger partial charge in [0.25, 0.3) is 5.91 Å². The van der Waals surface area contributed by atoms with Crippen LogP contribution in [0.5, 0.6) is 0 Å². The van der Waals surface area contributed by atoms with Gasteiger partial charge in [0.05, 0.1) is 40.2 Å². The summed E-state index contributed by atoms with van der Waals surface area (Å²) in [6.45, 7) is 0.393. The SMILES string of the molecule is O=C(NCc1cccnc1)c1cc(-c2ccc3nc[nH]c3c2)nc2[nH]ncc12. The molecular weight excluding hydrogens is 354 g/mol. The predicted molar refractivity (Wildman–Crippen MR) is 104 cm³/mol. The van der Waals surface area contributed by atoms with Crippen molar-refractivity contribution in [1.82, 2.24) is 35.5 Å². The van der Waals surface area contributed by atoms with Crippen LogP contribution < -0.4 is 5.32 Å². The van der Waals surface area contributed by atoms with E-state index in [1.165, 1.54) is 0 Å². The molecule has 0 aliphatic heterocycles. The number of amides is 1. The van der Waals surface area contributed by atoms with Crippen LogP contribution in [0, 0.1) is 0 Å². The van der Waals surface area contributed by atoms with Crippen LogP contribution in [0.15, 0.2) is 61.3 Å². The van der Waals surface area contributed by atoms with Crippen molar-refractivity contribution in [2.45, 2.75) is 6.54 Å². The first kappa shape index (κ1) is 16.1. The van der Waals surface area contributed by atoms with Crippen molar-refractivity contribution in [1.29, 1.82) is 0 Å². The topological polar surface area (TPSA) is 112 Å². The summed E-state index contributed by atoms with van der Waals surface area (Å²) < 4.78 is 0. The van der Waals surface area contributed by atoms with E-state index in [-0.39, 0.29) is 5.91 Å². The average molecular weight is 369 g/mol. The van der Waals surface area contributed by atoms with Gasteiger partial charge in [0.15, 0.2) is 5.65 Å². The Kier molecular flexibility index (Phi) is 3.79. The number of hydrogen-bond donors (Lipinski definition) is 3. The third kappa shape index (κ3) is 2.86.